The lowest BCUT2D eigenvalue weighted by Crippen LogP contribution is -2.11. The van der Waals surface area contributed by atoms with Crippen LogP contribution in [0.5, 0.6) is 0 Å². The molecule has 0 bridgehead atoms. The molecular weight excluding hydrogens is 220 g/mol. The summed E-state index contributed by atoms with van der Waals surface area (Å²) < 4.78 is 0. The Morgan fingerprint density at radius 1 is 0.889 bits per heavy atom. The van der Waals surface area contributed by atoms with Crippen molar-refractivity contribution in [3.8, 4) is 0 Å². The average Bonchev–Trinajstić information content (AvgIpc) is 2.40. The van der Waals surface area contributed by atoms with Crippen molar-refractivity contribution in [1.82, 2.24) is 0 Å². The standard InChI is InChI=1S/C17H18O/c1-13(2)16(14-9-5-3-6-10-14)17(18)15-11-7-4-8-12-15/h3-12,16-18H,1H2,2H3. The zero-order chi connectivity index (χ0) is 13.0. The van der Waals surface area contributed by atoms with E-state index in [1.165, 1.54) is 0 Å². The van der Waals surface area contributed by atoms with Crippen molar-refractivity contribution in [3.63, 3.8) is 0 Å². The van der Waals surface area contributed by atoms with Gasteiger partial charge < -0.3 is 5.11 Å². The molecule has 2 aromatic rings. The highest BCUT2D eigenvalue weighted by Gasteiger charge is 2.22. The maximum absolute atomic E-state index is 10.5. The van der Waals surface area contributed by atoms with E-state index in [4.69, 9.17) is 0 Å². The average molecular weight is 238 g/mol. The molecular formula is C17H18O. The number of rotatable bonds is 4. The summed E-state index contributed by atoms with van der Waals surface area (Å²) >= 11 is 0. The summed E-state index contributed by atoms with van der Waals surface area (Å²) in [5.74, 6) is -0.0615. The Balaban J connectivity index is 2.35. The third-order valence-electron chi connectivity index (χ3n) is 3.15. The van der Waals surface area contributed by atoms with Gasteiger partial charge >= 0.3 is 0 Å². The van der Waals surface area contributed by atoms with Crippen molar-refractivity contribution >= 4 is 0 Å². The van der Waals surface area contributed by atoms with E-state index >= 15 is 0 Å². The molecule has 2 unspecified atom stereocenters. The number of benzene rings is 2. The maximum atomic E-state index is 10.5. The highest BCUT2D eigenvalue weighted by atomic mass is 16.3. The lowest BCUT2D eigenvalue weighted by molar-refractivity contribution is 0.158. The molecule has 0 radical (unpaired) electrons. The molecule has 2 atom stereocenters. The van der Waals surface area contributed by atoms with Gasteiger partial charge in [-0.3, -0.25) is 0 Å². The smallest absolute Gasteiger partial charge is 0.0895 e. The topological polar surface area (TPSA) is 20.2 Å². The summed E-state index contributed by atoms with van der Waals surface area (Å²) in [5.41, 5.74) is 2.99. The van der Waals surface area contributed by atoms with Crippen LogP contribution in [0.1, 0.15) is 30.1 Å². The molecule has 18 heavy (non-hydrogen) atoms. The molecule has 0 saturated carbocycles. The van der Waals surface area contributed by atoms with Crippen LogP contribution in [0.2, 0.25) is 0 Å². The Labute approximate surface area is 108 Å². The van der Waals surface area contributed by atoms with Crippen molar-refractivity contribution in [1.29, 1.82) is 0 Å². The molecule has 0 fully saturated rings. The van der Waals surface area contributed by atoms with Crippen LogP contribution in [-0.2, 0) is 0 Å². The fourth-order valence-corrected chi connectivity index (χ4v) is 2.24. The summed E-state index contributed by atoms with van der Waals surface area (Å²) in [4.78, 5) is 0. The molecule has 0 amide bonds. The first-order valence-electron chi connectivity index (χ1n) is 6.13. The zero-order valence-electron chi connectivity index (χ0n) is 10.6. The van der Waals surface area contributed by atoms with Crippen LogP contribution >= 0.6 is 0 Å². The predicted molar refractivity (Wildman–Crippen MR) is 75.4 cm³/mol. The van der Waals surface area contributed by atoms with Crippen LogP contribution in [0.3, 0.4) is 0 Å². The summed E-state index contributed by atoms with van der Waals surface area (Å²) in [5, 5.41) is 10.5. The van der Waals surface area contributed by atoms with Crippen molar-refractivity contribution in [3.05, 3.63) is 83.9 Å². The Morgan fingerprint density at radius 3 is 1.78 bits per heavy atom. The minimum Gasteiger partial charge on any atom is -0.387 e. The molecule has 2 rings (SSSR count). The summed E-state index contributed by atoms with van der Waals surface area (Å²) in [6, 6.07) is 19.8. The first-order valence-corrected chi connectivity index (χ1v) is 6.13. The predicted octanol–water partition coefficient (Wildman–Crippen LogP) is 4.08. The normalized spacial score (nSPS) is 13.9. The van der Waals surface area contributed by atoms with E-state index in [1.54, 1.807) is 0 Å². The van der Waals surface area contributed by atoms with Gasteiger partial charge in [0.2, 0.25) is 0 Å². The SMILES string of the molecule is C=C(C)C(c1ccccc1)C(O)c1ccccc1. The lowest BCUT2D eigenvalue weighted by Gasteiger charge is -2.24. The second-order valence-corrected chi connectivity index (χ2v) is 4.59. The fraction of sp³-hybridized carbons (Fsp3) is 0.176. The Hall–Kier alpha value is -1.86. The van der Waals surface area contributed by atoms with Crippen LogP contribution in [0.15, 0.2) is 72.8 Å². The van der Waals surface area contributed by atoms with E-state index in [1.807, 2.05) is 67.6 Å². The van der Waals surface area contributed by atoms with Gasteiger partial charge in [0.15, 0.2) is 0 Å². The molecule has 1 N–H and O–H groups in total. The van der Waals surface area contributed by atoms with Gasteiger partial charge in [-0.1, -0.05) is 72.8 Å². The van der Waals surface area contributed by atoms with Gasteiger partial charge in [0.1, 0.15) is 0 Å². The number of aliphatic hydroxyl groups excluding tert-OH is 1. The van der Waals surface area contributed by atoms with Gasteiger partial charge in [-0.2, -0.15) is 0 Å². The molecule has 0 aliphatic heterocycles. The van der Waals surface area contributed by atoms with Crippen molar-refractivity contribution < 1.29 is 5.11 Å². The van der Waals surface area contributed by atoms with E-state index in [9.17, 15) is 5.11 Å². The molecule has 1 heteroatoms. The molecule has 0 aromatic heterocycles. The summed E-state index contributed by atoms with van der Waals surface area (Å²) in [6.07, 6.45) is -0.550. The van der Waals surface area contributed by atoms with Gasteiger partial charge in [-0.25, -0.2) is 0 Å². The molecule has 0 heterocycles. The van der Waals surface area contributed by atoms with Gasteiger partial charge in [0, 0.05) is 5.92 Å². The molecule has 1 nitrogen and oxygen atoms in total. The second-order valence-electron chi connectivity index (χ2n) is 4.59. The monoisotopic (exact) mass is 238 g/mol. The summed E-state index contributed by atoms with van der Waals surface area (Å²) in [7, 11) is 0. The van der Waals surface area contributed by atoms with E-state index in [2.05, 4.69) is 6.58 Å². The maximum Gasteiger partial charge on any atom is 0.0895 e. The molecule has 2 aromatic carbocycles. The highest BCUT2D eigenvalue weighted by Crippen LogP contribution is 2.35. The zero-order valence-corrected chi connectivity index (χ0v) is 10.6. The minimum atomic E-state index is -0.550. The van der Waals surface area contributed by atoms with Crippen LogP contribution in [0.25, 0.3) is 0 Å². The van der Waals surface area contributed by atoms with E-state index in [0.29, 0.717) is 0 Å². The first kappa shape index (κ1) is 12.6. The van der Waals surface area contributed by atoms with Gasteiger partial charge in [0.05, 0.1) is 6.10 Å². The van der Waals surface area contributed by atoms with E-state index < -0.39 is 6.10 Å². The Bertz CT molecular complexity index is 502. The first-order chi connectivity index (χ1) is 8.70. The molecule has 0 aliphatic carbocycles. The second kappa shape index (κ2) is 5.65. The Kier molecular flexibility index (Phi) is 3.96. The minimum absolute atomic E-state index is 0.0615. The molecule has 0 aliphatic rings. The van der Waals surface area contributed by atoms with Crippen LogP contribution in [0, 0.1) is 0 Å². The largest absolute Gasteiger partial charge is 0.387 e. The fourth-order valence-electron chi connectivity index (χ4n) is 2.24. The van der Waals surface area contributed by atoms with E-state index in [-0.39, 0.29) is 5.92 Å². The number of aliphatic hydroxyl groups is 1. The lowest BCUT2D eigenvalue weighted by atomic mass is 9.85. The van der Waals surface area contributed by atoms with Gasteiger partial charge in [-0.15, -0.1) is 0 Å². The third kappa shape index (κ3) is 2.69. The van der Waals surface area contributed by atoms with Crippen LogP contribution in [0.4, 0.5) is 0 Å². The quantitative estimate of drug-likeness (QED) is 0.796. The van der Waals surface area contributed by atoms with Gasteiger partial charge in [-0.05, 0) is 18.1 Å². The van der Waals surface area contributed by atoms with Crippen molar-refractivity contribution in [2.75, 3.05) is 0 Å². The van der Waals surface area contributed by atoms with Crippen molar-refractivity contribution in [2.45, 2.75) is 18.9 Å². The van der Waals surface area contributed by atoms with Crippen LogP contribution in [-0.4, -0.2) is 5.11 Å². The van der Waals surface area contributed by atoms with Gasteiger partial charge in [0.25, 0.3) is 0 Å². The van der Waals surface area contributed by atoms with Crippen LogP contribution < -0.4 is 0 Å². The Morgan fingerprint density at radius 2 is 1.33 bits per heavy atom. The third-order valence-corrected chi connectivity index (χ3v) is 3.15. The number of hydrogen-bond acceptors (Lipinski definition) is 1. The number of hydrogen-bond donors (Lipinski definition) is 1. The van der Waals surface area contributed by atoms with Crippen molar-refractivity contribution in [2.24, 2.45) is 0 Å². The summed E-state index contributed by atoms with van der Waals surface area (Å²) in [6.45, 7) is 5.98. The molecule has 0 spiro atoms. The molecule has 0 saturated heterocycles. The molecule has 92 valence electrons. The van der Waals surface area contributed by atoms with E-state index in [0.717, 1.165) is 16.7 Å². The highest BCUT2D eigenvalue weighted by molar-refractivity contribution is 5.32.